The molecule has 2 saturated carbocycles. The van der Waals surface area contributed by atoms with E-state index in [9.17, 15) is 0 Å². The second-order valence-corrected chi connectivity index (χ2v) is 4.93. The summed E-state index contributed by atoms with van der Waals surface area (Å²) in [6.07, 6.45) is 5.83. The minimum atomic E-state index is 0.799. The van der Waals surface area contributed by atoms with Crippen LogP contribution in [0.25, 0.3) is 0 Å². The molecule has 1 saturated heterocycles. The molecule has 0 amide bonds. The molecule has 0 bridgehead atoms. The highest BCUT2D eigenvalue weighted by molar-refractivity contribution is 4.95. The lowest BCUT2D eigenvalue weighted by Gasteiger charge is -2.32. The van der Waals surface area contributed by atoms with Crippen molar-refractivity contribution in [2.45, 2.75) is 31.7 Å². The lowest BCUT2D eigenvalue weighted by Crippen LogP contribution is -2.51. The summed E-state index contributed by atoms with van der Waals surface area (Å²) >= 11 is 0. The molecule has 3 aliphatic rings. The first-order valence-corrected chi connectivity index (χ1v) is 6.02. The summed E-state index contributed by atoms with van der Waals surface area (Å²) in [6.45, 7) is 3.93. The molecule has 3 nitrogen and oxygen atoms in total. The summed E-state index contributed by atoms with van der Waals surface area (Å²) in [4.78, 5) is 0. The third-order valence-corrected chi connectivity index (χ3v) is 3.60. The van der Waals surface area contributed by atoms with Gasteiger partial charge in [-0.1, -0.05) is 0 Å². The number of nitrogens with zero attached hydrogens (tertiary/aromatic N) is 1. The minimum absolute atomic E-state index is 0.799. The zero-order valence-electron chi connectivity index (χ0n) is 8.74. The van der Waals surface area contributed by atoms with Gasteiger partial charge in [0.1, 0.15) is 0 Å². The van der Waals surface area contributed by atoms with Crippen LogP contribution < -0.4 is 5.43 Å². The molecule has 3 rings (SSSR count). The van der Waals surface area contributed by atoms with Crippen LogP contribution in [0.15, 0.2) is 0 Å². The third kappa shape index (κ3) is 2.10. The zero-order valence-corrected chi connectivity index (χ0v) is 8.74. The van der Waals surface area contributed by atoms with Crippen LogP contribution in [0.5, 0.6) is 0 Å². The van der Waals surface area contributed by atoms with Gasteiger partial charge >= 0.3 is 0 Å². The number of hydrogen-bond acceptors (Lipinski definition) is 3. The van der Waals surface area contributed by atoms with Gasteiger partial charge in [-0.25, -0.2) is 5.01 Å². The van der Waals surface area contributed by atoms with E-state index >= 15 is 0 Å². The molecule has 1 heterocycles. The largest absolute Gasteiger partial charge is 0.379 e. The maximum Gasteiger partial charge on any atom is 0.0608 e. The Kier molecular flexibility index (Phi) is 2.48. The van der Waals surface area contributed by atoms with E-state index in [1.54, 1.807) is 0 Å². The van der Waals surface area contributed by atoms with E-state index in [4.69, 9.17) is 4.74 Å². The predicted molar refractivity (Wildman–Crippen MR) is 54.8 cm³/mol. The number of morpholine rings is 1. The van der Waals surface area contributed by atoms with Crippen molar-refractivity contribution in [3.05, 3.63) is 0 Å². The van der Waals surface area contributed by atoms with Crippen LogP contribution in [0.3, 0.4) is 0 Å². The number of ether oxygens (including phenoxy) is 1. The molecule has 1 aliphatic heterocycles. The summed E-state index contributed by atoms with van der Waals surface area (Å²) < 4.78 is 5.35. The Morgan fingerprint density at radius 2 is 1.57 bits per heavy atom. The van der Waals surface area contributed by atoms with E-state index in [-0.39, 0.29) is 0 Å². The molecule has 3 heteroatoms. The van der Waals surface area contributed by atoms with E-state index in [0.29, 0.717) is 0 Å². The van der Waals surface area contributed by atoms with Crippen LogP contribution in [0.2, 0.25) is 0 Å². The fraction of sp³-hybridized carbons (Fsp3) is 1.00. The standard InChI is InChI=1S/C11H20N2O/c1-2-9(1)11(10-3-4-10)12-13-5-7-14-8-6-13/h9-12H,1-8H2. The lowest BCUT2D eigenvalue weighted by atomic mass is 10.1. The number of nitrogens with one attached hydrogen (secondary N) is 1. The van der Waals surface area contributed by atoms with Gasteiger partial charge in [0.15, 0.2) is 0 Å². The first kappa shape index (κ1) is 9.13. The maximum atomic E-state index is 5.35. The van der Waals surface area contributed by atoms with Crippen molar-refractivity contribution in [3.63, 3.8) is 0 Å². The normalized spacial score (nSPS) is 29.8. The fourth-order valence-electron chi connectivity index (χ4n) is 2.41. The summed E-state index contributed by atoms with van der Waals surface area (Å²) in [7, 11) is 0. The quantitative estimate of drug-likeness (QED) is 0.726. The van der Waals surface area contributed by atoms with Crippen LogP contribution in [-0.4, -0.2) is 37.4 Å². The minimum Gasteiger partial charge on any atom is -0.379 e. The van der Waals surface area contributed by atoms with E-state index < -0.39 is 0 Å². The first-order valence-electron chi connectivity index (χ1n) is 6.02. The van der Waals surface area contributed by atoms with E-state index in [0.717, 1.165) is 44.2 Å². The average molecular weight is 196 g/mol. The summed E-state index contributed by atoms with van der Waals surface area (Å²) in [5, 5.41) is 2.38. The molecule has 1 N–H and O–H groups in total. The number of rotatable bonds is 4. The van der Waals surface area contributed by atoms with Crippen molar-refractivity contribution in [1.82, 2.24) is 10.4 Å². The Hall–Kier alpha value is -0.120. The highest BCUT2D eigenvalue weighted by Gasteiger charge is 2.42. The molecule has 2 aliphatic carbocycles. The van der Waals surface area contributed by atoms with Gasteiger partial charge in [0.25, 0.3) is 0 Å². The molecule has 0 aromatic heterocycles. The van der Waals surface area contributed by atoms with E-state index in [2.05, 4.69) is 10.4 Å². The molecule has 3 fully saturated rings. The summed E-state index contributed by atoms with van der Waals surface area (Å²) in [5.41, 5.74) is 3.73. The van der Waals surface area contributed by atoms with Gasteiger partial charge in [-0.05, 0) is 37.5 Å². The van der Waals surface area contributed by atoms with Crippen LogP contribution in [0.1, 0.15) is 25.7 Å². The van der Waals surface area contributed by atoms with Crippen molar-refractivity contribution >= 4 is 0 Å². The summed E-state index contributed by atoms with van der Waals surface area (Å²) in [6, 6.07) is 0.799. The Morgan fingerprint density at radius 1 is 1.00 bits per heavy atom. The van der Waals surface area contributed by atoms with E-state index in [1.807, 2.05) is 0 Å². The Balaban J connectivity index is 1.52. The Bertz CT molecular complexity index is 183. The monoisotopic (exact) mass is 196 g/mol. The molecule has 0 aromatic rings. The highest BCUT2D eigenvalue weighted by Crippen LogP contribution is 2.44. The van der Waals surface area contributed by atoms with Crippen LogP contribution >= 0.6 is 0 Å². The SMILES string of the molecule is C1CN(NC(C2CC2)C2CC2)CCO1. The second-order valence-electron chi connectivity index (χ2n) is 4.93. The fourth-order valence-corrected chi connectivity index (χ4v) is 2.41. The maximum absolute atomic E-state index is 5.35. The molecule has 80 valence electrons. The van der Waals surface area contributed by atoms with Crippen molar-refractivity contribution < 1.29 is 4.74 Å². The number of hydrogen-bond donors (Lipinski definition) is 1. The van der Waals surface area contributed by atoms with Crippen molar-refractivity contribution in [3.8, 4) is 0 Å². The van der Waals surface area contributed by atoms with Crippen molar-refractivity contribution in [1.29, 1.82) is 0 Å². The van der Waals surface area contributed by atoms with Gasteiger partial charge in [-0.15, -0.1) is 0 Å². The number of hydrazine groups is 1. The van der Waals surface area contributed by atoms with Crippen molar-refractivity contribution in [2.75, 3.05) is 26.3 Å². The molecule has 0 aromatic carbocycles. The molecule has 0 atom stereocenters. The first-order chi connectivity index (χ1) is 6.93. The second kappa shape index (κ2) is 3.80. The van der Waals surface area contributed by atoms with Crippen LogP contribution in [0, 0.1) is 11.8 Å². The molecular weight excluding hydrogens is 176 g/mol. The van der Waals surface area contributed by atoms with E-state index in [1.165, 1.54) is 25.7 Å². The Labute approximate surface area is 85.8 Å². The van der Waals surface area contributed by atoms with Gasteiger partial charge in [0.2, 0.25) is 0 Å². The molecule has 14 heavy (non-hydrogen) atoms. The highest BCUT2D eigenvalue weighted by atomic mass is 16.5. The van der Waals surface area contributed by atoms with Crippen LogP contribution in [0.4, 0.5) is 0 Å². The molecule has 0 radical (unpaired) electrons. The smallest absolute Gasteiger partial charge is 0.0608 e. The third-order valence-electron chi connectivity index (χ3n) is 3.60. The van der Waals surface area contributed by atoms with Gasteiger partial charge in [-0.3, -0.25) is 5.43 Å². The van der Waals surface area contributed by atoms with Crippen molar-refractivity contribution in [2.24, 2.45) is 11.8 Å². The van der Waals surface area contributed by atoms with Crippen LogP contribution in [-0.2, 0) is 4.74 Å². The average Bonchev–Trinajstić information content (AvgIpc) is 3.08. The summed E-state index contributed by atoms with van der Waals surface area (Å²) in [5.74, 6) is 1.98. The lowest BCUT2D eigenvalue weighted by molar-refractivity contribution is -0.000551. The van der Waals surface area contributed by atoms with Gasteiger partial charge in [0.05, 0.1) is 13.2 Å². The van der Waals surface area contributed by atoms with Gasteiger partial charge in [-0.2, -0.15) is 0 Å². The van der Waals surface area contributed by atoms with Gasteiger partial charge < -0.3 is 4.74 Å². The van der Waals surface area contributed by atoms with Gasteiger partial charge in [0, 0.05) is 19.1 Å². The molecule has 0 unspecified atom stereocenters. The molecule has 0 spiro atoms. The topological polar surface area (TPSA) is 24.5 Å². The predicted octanol–water partition coefficient (Wildman–Crippen LogP) is 1.01. The zero-order chi connectivity index (χ0) is 9.38. The molecular formula is C11H20N2O. The Morgan fingerprint density at radius 3 is 2.07 bits per heavy atom.